The van der Waals surface area contributed by atoms with E-state index < -0.39 is 0 Å². The average Bonchev–Trinajstić information content (AvgIpc) is 2.73. The highest BCUT2D eigenvalue weighted by atomic mass is 16.1. The number of para-hydroxylation sites is 1. The molecule has 0 aliphatic rings. The topological polar surface area (TPSA) is 34.9 Å². The molecule has 0 atom stereocenters. The summed E-state index contributed by atoms with van der Waals surface area (Å²) >= 11 is 0. The van der Waals surface area contributed by atoms with Gasteiger partial charge in [0.1, 0.15) is 5.82 Å². The van der Waals surface area contributed by atoms with Crippen LogP contribution >= 0.6 is 0 Å². The fourth-order valence-corrected chi connectivity index (χ4v) is 3.47. The van der Waals surface area contributed by atoms with Gasteiger partial charge in [-0.1, -0.05) is 80.9 Å². The van der Waals surface area contributed by atoms with E-state index in [1.807, 2.05) is 67.6 Å². The van der Waals surface area contributed by atoms with Crippen molar-refractivity contribution in [1.82, 2.24) is 9.55 Å². The van der Waals surface area contributed by atoms with Crippen molar-refractivity contribution in [1.29, 1.82) is 0 Å². The Balaban J connectivity index is 1.83. The van der Waals surface area contributed by atoms with E-state index >= 15 is 0 Å². The lowest BCUT2D eigenvalue weighted by Crippen LogP contribution is -2.22. The summed E-state index contributed by atoms with van der Waals surface area (Å²) in [4.78, 5) is 18.1. The van der Waals surface area contributed by atoms with Gasteiger partial charge in [-0.2, -0.15) is 0 Å². The van der Waals surface area contributed by atoms with E-state index in [1.165, 1.54) is 5.56 Å². The van der Waals surface area contributed by atoms with Crippen LogP contribution in [0.2, 0.25) is 0 Å². The summed E-state index contributed by atoms with van der Waals surface area (Å²) in [6.45, 7) is 8.65. The van der Waals surface area contributed by atoms with E-state index in [2.05, 4.69) is 45.0 Å². The van der Waals surface area contributed by atoms with Crippen molar-refractivity contribution in [2.45, 2.75) is 33.1 Å². The minimum atomic E-state index is -0.0628. The Kier molecular flexibility index (Phi) is 5.13. The molecule has 0 fully saturated rings. The summed E-state index contributed by atoms with van der Waals surface area (Å²) in [5.74, 6) is 0.613. The highest BCUT2D eigenvalue weighted by molar-refractivity contribution is 5.80. The van der Waals surface area contributed by atoms with Crippen molar-refractivity contribution in [2.75, 3.05) is 0 Å². The van der Waals surface area contributed by atoms with Gasteiger partial charge < -0.3 is 0 Å². The fourth-order valence-electron chi connectivity index (χ4n) is 3.47. The molecule has 0 amide bonds. The first-order valence-corrected chi connectivity index (χ1v) is 10.2. The first kappa shape index (κ1) is 19.8. The maximum absolute atomic E-state index is 13.3. The molecule has 3 heteroatoms. The zero-order chi connectivity index (χ0) is 21.3. The molecule has 3 nitrogen and oxygen atoms in total. The molecule has 0 radical (unpaired) electrons. The predicted octanol–water partition coefficient (Wildman–Crippen LogP) is 6.16. The monoisotopic (exact) mass is 394 g/mol. The third-order valence-corrected chi connectivity index (χ3v) is 5.30. The summed E-state index contributed by atoms with van der Waals surface area (Å²) in [6.07, 6.45) is 3.92. The second kappa shape index (κ2) is 7.75. The van der Waals surface area contributed by atoms with Gasteiger partial charge in [-0.3, -0.25) is 9.36 Å². The van der Waals surface area contributed by atoms with Crippen LogP contribution in [0.15, 0.2) is 77.6 Å². The van der Waals surface area contributed by atoms with Gasteiger partial charge in [0.15, 0.2) is 0 Å². The summed E-state index contributed by atoms with van der Waals surface area (Å²) < 4.78 is 1.68. The Morgan fingerprint density at radius 1 is 0.833 bits per heavy atom. The van der Waals surface area contributed by atoms with E-state index in [0.29, 0.717) is 16.7 Å². The summed E-state index contributed by atoms with van der Waals surface area (Å²) in [7, 11) is 0. The van der Waals surface area contributed by atoms with E-state index in [-0.39, 0.29) is 11.0 Å². The Hall–Kier alpha value is -3.46. The molecule has 1 heterocycles. The van der Waals surface area contributed by atoms with E-state index in [0.717, 1.165) is 16.8 Å². The minimum absolute atomic E-state index is 0.0628. The van der Waals surface area contributed by atoms with Crippen molar-refractivity contribution in [3.8, 4) is 5.69 Å². The Bertz CT molecular complexity index is 1270. The number of fused-ring (bicyclic) bond motifs is 1. The zero-order valence-corrected chi connectivity index (χ0v) is 17.9. The lowest BCUT2D eigenvalue weighted by atomic mass is 9.87. The number of hydrogen-bond acceptors (Lipinski definition) is 2. The molecule has 0 bridgehead atoms. The highest BCUT2D eigenvalue weighted by Crippen LogP contribution is 2.23. The molecular formula is C27H26N2O. The van der Waals surface area contributed by atoms with Crippen LogP contribution in [0.5, 0.6) is 0 Å². The van der Waals surface area contributed by atoms with Gasteiger partial charge in [-0.25, -0.2) is 4.98 Å². The third-order valence-electron chi connectivity index (χ3n) is 5.30. The van der Waals surface area contributed by atoms with Crippen molar-refractivity contribution in [2.24, 2.45) is 0 Å². The van der Waals surface area contributed by atoms with Crippen LogP contribution in [-0.4, -0.2) is 9.55 Å². The zero-order valence-electron chi connectivity index (χ0n) is 17.9. The number of nitrogens with zero attached hydrogens (tertiary/aromatic N) is 2. The molecule has 0 aliphatic heterocycles. The Morgan fingerprint density at radius 2 is 1.50 bits per heavy atom. The maximum atomic E-state index is 13.3. The number of aryl methyl sites for hydroxylation is 1. The lowest BCUT2D eigenvalue weighted by molar-refractivity contribution is 0.590. The van der Waals surface area contributed by atoms with Crippen LogP contribution < -0.4 is 5.56 Å². The van der Waals surface area contributed by atoms with Crippen LogP contribution in [0.1, 0.15) is 43.3 Å². The van der Waals surface area contributed by atoms with Gasteiger partial charge in [0, 0.05) is 0 Å². The van der Waals surface area contributed by atoms with Crippen molar-refractivity contribution in [3.05, 3.63) is 106 Å². The number of benzene rings is 3. The second-order valence-corrected chi connectivity index (χ2v) is 8.67. The van der Waals surface area contributed by atoms with Crippen LogP contribution in [0.25, 0.3) is 28.7 Å². The molecule has 4 rings (SSSR count). The second-order valence-electron chi connectivity index (χ2n) is 8.67. The SMILES string of the molecule is Cc1ccc(-n2c(C=Cc3ccc(C(C)(C)C)cc3)nc3ccccc3c2=O)cc1. The molecule has 0 unspecified atom stereocenters. The third kappa shape index (κ3) is 3.97. The first-order chi connectivity index (χ1) is 14.3. The molecular weight excluding hydrogens is 368 g/mol. The summed E-state index contributed by atoms with van der Waals surface area (Å²) in [6, 6.07) is 23.9. The van der Waals surface area contributed by atoms with E-state index in [1.54, 1.807) is 4.57 Å². The molecule has 4 aromatic rings. The first-order valence-electron chi connectivity index (χ1n) is 10.2. The lowest BCUT2D eigenvalue weighted by Gasteiger charge is -2.18. The molecule has 150 valence electrons. The quantitative estimate of drug-likeness (QED) is 0.417. The van der Waals surface area contributed by atoms with Gasteiger partial charge in [0.05, 0.1) is 16.6 Å². The molecule has 30 heavy (non-hydrogen) atoms. The standard InChI is InChI=1S/C27H26N2O/c1-19-9-16-22(17-10-19)29-25(28-24-8-6-5-7-23(24)26(29)30)18-13-20-11-14-21(15-12-20)27(2,3)4/h5-18H,1-4H3. The van der Waals surface area contributed by atoms with Gasteiger partial charge in [-0.15, -0.1) is 0 Å². The summed E-state index contributed by atoms with van der Waals surface area (Å²) in [5.41, 5.74) is 5.08. The van der Waals surface area contributed by atoms with Crippen LogP contribution in [-0.2, 0) is 5.41 Å². The molecule has 0 N–H and O–H groups in total. The van der Waals surface area contributed by atoms with Crippen LogP contribution in [0.4, 0.5) is 0 Å². The van der Waals surface area contributed by atoms with Crippen molar-refractivity contribution in [3.63, 3.8) is 0 Å². The van der Waals surface area contributed by atoms with Gasteiger partial charge >= 0.3 is 0 Å². The average molecular weight is 395 g/mol. The van der Waals surface area contributed by atoms with Gasteiger partial charge in [0.25, 0.3) is 5.56 Å². The Labute approximate surface area is 177 Å². The van der Waals surface area contributed by atoms with E-state index in [4.69, 9.17) is 4.98 Å². The Morgan fingerprint density at radius 3 is 2.17 bits per heavy atom. The van der Waals surface area contributed by atoms with Crippen molar-refractivity contribution < 1.29 is 0 Å². The van der Waals surface area contributed by atoms with Crippen LogP contribution in [0, 0.1) is 6.92 Å². The summed E-state index contributed by atoms with van der Waals surface area (Å²) in [5, 5.41) is 0.616. The van der Waals surface area contributed by atoms with Gasteiger partial charge in [-0.05, 0) is 53.8 Å². The number of rotatable bonds is 3. The minimum Gasteiger partial charge on any atom is -0.268 e. The predicted molar refractivity (Wildman–Crippen MR) is 126 cm³/mol. The van der Waals surface area contributed by atoms with Gasteiger partial charge in [0.2, 0.25) is 0 Å². The molecule has 1 aromatic heterocycles. The van der Waals surface area contributed by atoms with Crippen LogP contribution in [0.3, 0.4) is 0 Å². The fraction of sp³-hybridized carbons (Fsp3) is 0.185. The maximum Gasteiger partial charge on any atom is 0.266 e. The molecule has 0 spiro atoms. The molecule has 0 aliphatic carbocycles. The number of hydrogen-bond donors (Lipinski definition) is 0. The highest BCUT2D eigenvalue weighted by Gasteiger charge is 2.13. The smallest absolute Gasteiger partial charge is 0.266 e. The molecule has 3 aromatic carbocycles. The molecule has 0 saturated heterocycles. The largest absolute Gasteiger partial charge is 0.268 e. The number of aromatic nitrogens is 2. The molecule has 0 saturated carbocycles. The normalized spacial score (nSPS) is 12.0. The van der Waals surface area contributed by atoms with Crippen molar-refractivity contribution >= 4 is 23.1 Å². The van der Waals surface area contributed by atoms with E-state index in [9.17, 15) is 4.79 Å².